The van der Waals surface area contributed by atoms with E-state index in [2.05, 4.69) is 43.3 Å². The van der Waals surface area contributed by atoms with Gasteiger partial charge in [0.05, 0.1) is 13.2 Å². The van der Waals surface area contributed by atoms with Crippen LogP contribution in [0.15, 0.2) is 36.4 Å². The summed E-state index contributed by atoms with van der Waals surface area (Å²) in [6.07, 6.45) is 2.11. The van der Waals surface area contributed by atoms with Crippen LogP contribution in [0.2, 0.25) is 0 Å². The van der Waals surface area contributed by atoms with Gasteiger partial charge in [0.1, 0.15) is 11.5 Å². The lowest BCUT2D eigenvalue weighted by Gasteiger charge is -2.26. The molecule has 0 amide bonds. The Kier molecular flexibility index (Phi) is 3.51. The van der Waals surface area contributed by atoms with Crippen LogP contribution in [0, 0.1) is 12.8 Å². The van der Waals surface area contributed by atoms with Crippen LogP contribution in [0.5, 0.6) is 11.5 Å². The summed E-state index contributed by atoms with van der Waals surface area (Å²) in [5.41, 5.74) is 5.11. The quantitative estimate of drug-likeness (QED) is 0.846. The molecule has 0 spiro atoms. The van der Waals surface area contributed by atoms with E-state index < -0.39 is 0 Å². The molecule has 0 saturated carbocycles. The lowest BCUT2D eigenvalue weighted by atomic mass is 9.90. The van der Waals surface area contributed by atoms with Crippen LogP contribution in [0.4, 0.5) is 0 Å². The molecule has 0 N–H and O–H groups in total. The molecular weight excluding hydrogens is 276 g/mol. The van der Waals surface area contributed by atoms with Crippen molar-refractivity contribution in [3.8, 4) is 11.5 Å². The highest BCUT2D eigenvalue weighted by molar-refractivity contribution is 5.40. The highest BCUT2D eigenvalue weighted by Crippen LogP contribution is 2.31. The fraction of sp³-hybridized carbons (Fsp3) is 0.368. The maximum absolute atomic E-state index is 5.93. The summed E-state index contributed by atoms with van der Waals surface area (Å²) in [6.45, 7) is 3.93. The minimum absolute atomic E-state index is 0.360. The number of hydrogen-bond donors (Lipinski definition) is 0. The minimum Gasteiger partial charge on any atom is -0.493 e. The van der Waals surface area contributed by atoms with Crippen molar-refractivity contribution in [1.29, 1.82) is 0 Å². The van der Waals surface area contributed by atoms with Crippen molar-refractivity contribution >= 4 is 0 Å². The van der Waals surface area contributed by atoms with E-state index in [0.29, 0.717) is 19.3 Å². The van der Waals surface area contributed by atoms with Gasteiger partial charge in [-0.3, -0.25) is 0 Å². The van der Waals surface area contributed by atoms with E-state index in [1.807, 2.05) is 0 Å². The Morgan fingerprint density at radius 2 is 1.86 bits per heavy atom. The predicted octanol–water partition coefficient (Wildman–Crippen LogP) is 3.66. The van der Waals surface area contributed by atoms with Gasteiger partial charge in [0.2, 0.25) is 0 Å². The molecule has 2 heterocycles. The Balaban J connectivity index is 1.50. The molecule has 3 heteroatoms. The summed E-state index contributed by atoms with van der Waals surface area (Å²) in [4.78, 5) is 0. The standard InChI is InChI=1S/C19H20O3/c1-13-2-4-18-16(6-13)9-15(10-21-18)7-14-3-5-19-17(8-14)11-20-12-22-19/h2-6,8,15H,7,9-12H2,1H3. The molecule has 2 aromatic rings. The Bertz CT molecular complexity index is 693. The van der Waals surface area contributed by atoms with Crippen LogP contribution in [-0.2, 0) is 24.2 Å². The first kappa shape index (κ1) is 13.6. The molecule has 0 bridgehead atoms. The topological polar surface area (TPSA) is 27.7 Å². The largest absolute Gasteiger partial charge is 0.493 e. The normalized spacial score (nSPS) is 19.6. The van der Waals surface area contributed by atoms with Gasteiger partial charge >= 0.3 is 0 Å². The van der Waals surface area contributed by atoms with Gasteiger partial charge in [0, 0.05) is 11.5 Å². The molecule has 2 aromatic carbocycles. The van der Waals surface area contributed by atoms with E-state index in [4.69, 9.17) is 14.2 Å². The summed E-state index contributed by atoms with van der Waals surface area (Å²) in [7, 11) is 0. The number of rotatable bonds is 2. The van der Waals surface area contributed by atoms with Crippen molar-refractivity contribution in [2.24, 2.45) is 5.92 Å². The monoisotopic (exact) mass is 296 g/mol. The number of fused-ring (bicyclic) bond motifs is 2. The third-order valence-electron chi connectivity index (χ3n) is 4.40. The van der Waals surface area contributed by atoms with Crippen molar-refractivity contribution in [2.75, 3.05) is 13.4 Å². The second-order valence-electron chi connectivity index (χ2n) is 6.25. The molecule has 22 heavy (non-hydrogen) atoms. The van der Waals surface area contributed by atoms with Crippen LogP contribution in [0.25, 0.3) is 0 Å². The van der Waals surface area contributed by atoms with Crippen molar-refractivity contribution < 1.29 is 14.2 Å². The van der Waals surface area contributed by atoms with Crippen LogP contribution in [0.3, 0.4) is 0 Å². The smallest absolute Gasteiger partial charge is 0.189 e. The Morgan fingerprint density at radius 1 is 1.00 bits per heavy atom. The maximum atomic E-state index is 5.93. The van der Waals surface area contributed by atoms with Crippen molar-refractivity contribution in [1.82, 2.24) is 0 Å². The van der Waals surface area contributed by atoms with E-state index in [1.54, 1.807) is 0 Å². The average Bonchev–Trinajstić information content (AvgIpc) is 2.54. The summed E-state index contributed by atoms with van der Waals surface area (Å²) < 4.78 is 16.8. The molecule has 1 atom stereocenters. The number of benzene rings is 2. The fourth-order valence-corrected chi connectivity index (χ4v) is 3.32. The van der Waals surface area contributed by atoms with Crippen molar-refractivity contribution in [2.45, 2.75) is 26.4 Å². The van der Waals surface area contributed by atoms with Crippen molar-refractivity contribution in [3.05, 3.63) is 58.7 Å². The first-order valence-electron chi connectivity index (χ1n) is 7.82. The first-order chi connectivity index (χ1) is 10.8. The SMILES string of the molecule is Cc1ccc2c(c1)CC(Cc1ccc3c(c1)COCO3)CO2. The van der Waals surface area contributed by atoms with Crippen LogP contribution >= 0.6 is 0 Å². The van der Waals surface area contributed by atoms with Gasteiger partial charge in [-0.1, -0.05) is 23.8 Å². The molecule has 114 valence electrons. The van der Waals surface area contributed by atoms with Gasteiger partial charge < -0.3 is 14.2 Å². The Morgan fingerprint density at radius 3 is 2.82 bits per heavy atom. The third-order valence-corrected chi connectivity index (χ3v) is 4.40. The average molecular weight is 296 g/mol. The van der Waals surface area contributed by atoms with E-state index in [-0.39, 0.29) is 0 Å². The molecule has 3 nitrogen and oxygen atoms in total. The van der Waals surface area contributed by atoms with E-state index >= 15 is 0 Å². The Hall–Kier alpha value is -2.00. The van der Waals surface area contributed by atoms with Crippen molar-refractivity contribution in [3.63, 3.8) is 0 Å². The minimum atomic E-state index is 0.360. The molecule has 1 unspecified atom stereocenters. The molecule has 4 rings (SSSR count). The van der Waals surface area contributed by atoms with Gasteiger partial charge in [-0.15, -0.1) is 0 Å². The molecule has 0 saturated heterocycles. The van der Waals surface area contributed by atoms with Gasteiger partial charge in [-0.2, -0.15) is 0 Å². The predicted molar refractivity (Wildman–Crippen MR) is 84.3 cm³/mol. The third kappa shape index (κ3) is 2.69. The van der Waals surface area contributed by atoms with Crippen LogP contribution < -0.4 is 9.47 Å². The summed E-state index contributed by atoms with van der Waals surface area (Å²) in [6, 6.07) is 12.9. The van der Waals surface area contributed by atoms with Crippen LogP contribution in [0.1, 0.15) is 22.3 Å². The van der Waals surface area contributed by atoms with Gasteiger partial charge in [-0.25, -0.2) is 0 Å². The summed E-state index contributed by atoms with van der Waals surface area (Å²) in [5.74, 6) is 2.53. The first-order valence-corrected chi connectivity index (χ1v) is 7.82. The lowest BCUT2D eigenvalue weighted by molar-refractivity contribution is -0.0164. The zero-order valence-electron chi connectivity index (χ0n) is 12.8. The molecule has 0 aliphatic carbocycles. The molecular formula is C19H20O3. The second-order valence-corrected chi connectivity index (χ2v) is 6.25. The maximum Gasteiger partial charge on any atom is 0.189 e. The van der Waals surface area contributed by atoms with E-state index in [9.17, 15) is 0 Å². The highest BCUT2D eigenvalue weighted by atomic mass is 16.7. The van der Waals surface area contributed by atoms with E-state index in [0.717, 1.165) is 36.5 Å². The lowest BCUT2D eigenvalue weighted by Crippen LogP contribution is -2.23. The number of aryl methyl sites for hydroxylation is 1. The zero-order chi connectivity index (χ0) is 14.9. The molecule has 2 aliphatic heterocycles. The zero-order valence-corrected chi connectivity index (χ0v) is 12.8. The molecule has 0 radical (unpaired) electrons. The summed E-state index contributed by atoms with van der Waals surface area (Å²) >= 11 is 0. The number of ether oxygens (including phenoxy) is 3. The Labute approximate surface area is 130 Å². The highest BCUT2D eigenvalue weighted by Gasteiger charge is 2.21. The van der Waals surface area contributed by atoms with Gasteiger partial charge in [0.25, 0.3) is 0 Å². The van der Waals surface area contributed by atoms with Gasteiger partial charge in [-0.05, 0) is 49.1 Å². The molecule has 0 aromatic heterocycles. The van der Waals surface area contributed by atoms with Crippen LogP contribution in [-0.4, -0.2) is 13.4 Å². The molecule has 0 fully saturated rings. The fourth-order valence-electron chi connectivity index (χ4n) is 3.32. The number of hydrogen-bond acceptors (Lipinski definition) is 3. The second kappa shape index (κ2) is 5.65. The van der Waals surface area contributed by atoms with E-state index in [1.165, 1.54) is 16.7 Å². The van der Waals surface area contributed by atoms with Gasteiger partial charge in [0.15, 0.2) is 6.79 Å². The molecule has 2 aliphatic rings. The summed E-state index contributed by atoms with van der Waals surface area (Å²) in [5, 5.41) is 0.